The SMILES string of the molecule is Cc1cc(OC(F)F)c(C(=O)NC2CNCCC2C)s1. The largest absolute Gasteiger partial charge is 0.433 e. The van der Waals surface area contributed by atoms with E-state index in [1.807, 2.05) is 0 Å². The fraction of sp³-hybridized carbons (Fsp3) is 0.615. The maximum atomic E-state index is 12.3. The highest BCUT2D eigenvalue weighted by Crippen LogP contribution is 2.30. The number of rotatable bonds is 4. The summed E-state index contributed by atoms with van der Waals surface area (Å²) in [6, 6.07) is 1.48. The molecular formula is C13H18F2N2O2S. The second-order valence-corrected chi connectivity index (χ2v) is 6.24. The minimum Gasteiger partial charge on any atom is -0.433 e. The van der Waals surface area contributed by atoms with Gasteiger partial charge in [0.25, 0.3) is 5.91 Å². The number of alkyl halides is 2. The lowest BCUT2D eigenvalue weighted by atomic mass is 9.95. The molecule has 112 valence electrons. The molecule has 1 saturated heterocycles. The number of hydrogen-bond donors (Lipinski definition) is 2. The van der Waals surface area contributed by atoms with Gasteiger partial charge in [0.15, 0.2) is 0 Å². The monoisotopic (exact) mass is 304 g/mol. The molecule has 0 spiro atoms. The van der Waals surface area contributed by atoms with E-state index in [4.69, 9.17) is 0 Å². The molecule has 1 aliphatic heterocycles. The molecule has 0 saturated carbocycles. The molecule has 0 bridgehead atoms. The Kier molecular flexibility index (Phi) is 4.93. The highest BCUT2D eigenvalue weighted by Gasteiger charge is 2.26. The number of hydrogen-bond acceptors (Lipinski definition) is 4. The summed E-state index contributed by atoms with van der Waals surface area (Å²) in [6.07, 6.45) is 0.981. The lowest BCUT2D eigenvalue weighted by Crippen LogP contribution is -2.50. The number of aryl methyl sites for hydroxylation is 1. The van der Waals surface area contributed by atoms with Crippen LogP contribution in [0, 0.1) is 12.8 Å². The van der Waals surface area contributed by atoms with Gasteiger partial charge in [-0.3, -0.25) is 4.79 Å². The molecule has 2 rings (SSSR count). The standard InChI is InChI=1S/C13H18F2N2O2S/c1-7-3-4-16-6-9(7)17-12(18)11-10(19-13(14)15)5-8(2)20-11/h5,7,9,13,16H,3-4,6H2,1-2H3,(H,17,18). The van der Waals surface area contributed by atoms with Gasteiger partial charge in [-0.1, -0.05) is 6.92 Å². The Morgan fingerprint density at radius 2 is 2.35 bits per heavy atom. The highest BCUT2D eigenvalue weighted by atomic mass is 32.1. The fourth-order valence-corrected chi connectivity index (χ4v) is 3.10. The number of nitrogens with one attached hydrogen (secondary N) is 2. The molecule has 1 fully saturated rings. The lowest BCUT2D eigenvalue weighted by Gasteiger charge is -2.30. The Labute approximate surface area is 120 Å². The van der Waals surface area contributed by atoms with Crippen LogP contribution in [0.4, 0.5) is 8.78 Å². The maximum Gasteiger partial charge on any atom is 0.387 e. The van der Waals surface area contributed by atoms with Gasteiger partial charge >= 0.3 is 6.61 Å². The molecule has 2 unspecified atom stereocenters. The van der Waals surface area contributed by atoms with E-state index in [0.29, 0.717) is 12.5 Å². The molecule has 4 nitrogen and oxygen atoms in total. The molecule has 1 aromatic rings. The third-order valence-corrected chi connectivity index (χ3v) is 4.42. The van der Waals surface area contributed by atoms with Crippen molar-refractivity contribution in [3.8, 4) is 5.75 Å². The molecular weight excluding hydrogens is 286 g/mol. The third-order valence-electron chi connectivity index (χ3n) is 3.39. The minimum atomic E-state index is -2.93. The van der Waals surface area contributed by atoms with Crippen LogP contribution in [0.1, 0.15) is 27.9 Å². The van der Waals surface area contributed by atoms with Gasteiger partial charge < -0.3 is 15.4 Å². The second-order valence-electron chi connectivity index (χ2n) is 4.98. The number of piperidine rings is 1. The Bertz CT molecular complexity index is 479. The molecule has 0 aromatic carbocycles. The van der Waals surface area contributed by atoms with Crippen LogP contribution in [-0.4, -0.2) is 31.7 Å². The van der Waals surface area contributed by atoms with Gasteiger partial charge in [0.05, 0.1) is 0 Å². The Balaban J connectivity index is 2.08. The quantitative estimate of drug-likeness (QED) is 0.898. The van der Waals surface area contributed by atoms with Crippen LogP contribution in [-0.2, 0) is 0 Å². The topological polar surface area (TPSA) is 50.4 Å². The number of amides is 1. The average Bonchev–Trinajstić information content (AvgIpc) is 2.72. The normalized spacial score (nSPS) is 22.9. The van der Waals surface area contributed by atoms with Crippen molar-refractivity contribution >= 4 is 17.2 Å². The van der Waals surface area contributed by atoms with Crippen LogP contribution < -0.4 is 15.4 Å². The summed E-state index contributed by atoms with van der Waals surface area (Å²) in [6.45, 7) is 2.53. The zero-order valence-corrected chi connectivity index (χ0v) is 12.2. The summed E-state index contributed by atoms with van der Waals surface area (Å²) >= 11 is 1.16. The zero-order chi connectivity index (χ0) is 14.7. The molecule has 0 aliphatic carbocycles. The summed E-state index contributed by atoms with van der Waals surface area (Å²) in [5, 5.41) is 6.11. The van der Waals surface area contributed by atoms with Crippen LogP contribution in [0.15, 0.2) is 6.07 Å². The van der Waals surface area contributed by atoms with E-state index in [1.54, 1.807) is 6.92 Å². The molecule has 2 N–H and O–H groups in total. The average molecular weight is 304 g/mol. The van der Waals surface area contributed by atoms with Crippen LogP contribution in [0.5, 0.6) is 5.75 Å². The van der Waals surface area contributed by atoms with Gasteiger partial charge in [-0.2, -0.15) is 8.78 Å². The van der Waals surface area contributed by atoms with Crippen LogP contribution in [0.2, 0.25) is 0 Å². The highest BCUT2D eigenvalue weighted by molar-refractivity contribution is 7.14. The Morgan fingerprint density at radius 3 is 3.00 bits per heavy atom. The second kappa shape index (κ2) is 6.49. The third kappa shape index (κ3) is 3.67. The number of carbonyl (C=O) groups is 1. The molecule has 2 heterocycles. The summed E-state index contributed by atoms with van der Waals surface area (Å²) in [5.41, 5.74) is 0. The number of halogens is 2. The van der Waals surface area contributed by atoms with E-state index in [9.17, 15) is 13.6 Å². The van der Waals surface area contributed by atoms with Gasteiger partial charge in [0, 0.05) is 17.5 Å². The molecule has 7 heteroatoms. The summed E-state index contributed by atoms with van der Waals surface area (Å²) in [5.74, 6) is -0.0311. The zero-order valence-electron chi connectivity index (χ0n) is 11.4. The van der Waals surface area contributed by atoms with Crippen molar-refractivity contribution in [2.45, 2.75) is 32.9 Å². The first-order chi connectivity index (χ1) is 9.47. The van der Waals surface area contributed by atoms with Crippen LogP contribution >= 0.6 is 11.3 Å². The van der Waals surface area contributed by atoms with Crippen molar-refractivity contribution < 1.29 is 18.3 Å². The summed E-state index contributed by atoms with van der Waals surface area (Å²) < 4.78 is 29.1. The molecule has 0 radical (unpaired) electrons. The molecule has 1 amide bonds. The molecule has 2 atom stereocenters. The van der Waals surface area contributed by atoms with Gasteiger partial charge in [0.1, 0.15) is 10.6 Å². The van der Waals surface area contributed by atoms with Crippen molar-refractivity contribution in [1.82, 2.24) is 10.6 Å². The van der Waals surface area contributed by atoms with E-state index in [2.05, 4.69) is 22.3 Å². The smallest absolute Gasteiger partial charge is 0.387 e. The first kappa shape index (κ1) is 15.2. The summed E-state index contributed by atoms with van der Waals surface area (Å²) in [4.78, 5) is 13.2. The van der Waals surface area contributed by atoms with E-state index < -0.39 is 6.61 Å². The Morgan fingerprint density at radius 1 is 1.60 bits per heavy atom. The van der Waals surface area contributed by atoms with E-state index >= 15 is 0 Å². The van der Waals surface area contributed by atoms with E-state index in [1.165, 1.54) is 6.07 Å². The van der Waals surface area contributed by atoms with Crippen LogP contribution in [0.25, 0.3) is 0 Å². The van der Waals surface area contributed by atoms with Gasteiger partial charge in [-0.25, -0.2) is 0 Å². The van der Waals surface area contributed by atoms with Gasteiger partial charge in [-0.15, -0.1) is 11.3 Å². The first-order valence-electron chi connectivity index (χ1n) is 6.54. The number of carbonyl (C=O) groups excluding carboxylic acids is 1. The number of ether oxygens (including phenoxy) is 1. The van der Waals surface area contributed by atoms with Crippen molar-refractivity contribution in [2.24, 2.45) is 5.92 Å². The van der Waals surface area contributed by atoms with Gasteiger partial charge in [0.2, 0.25) is 0 Å². The Hall–Kier alpha value is -1.21. The lowest BCUT2D eigenvalue weighted by molar-refractivity contribution is -0.0498. The van der Waals surface area contributed by atoms with E-state index in [-0.39, 0.29) is 22.6 Å². The minimum absolute atomic E-state index is 0.0121. The summed E-state index contributed by atoms with van der Waals surface area (Å²) in [7, 11) is 0. The number of thiophene rings is 1. The van der Waals surface area contributed by atoms with Crippen molar-refractivity contribution in [3.05, 3.63) is 15.8 Å². The molecule has 20 heavy (non-hydrogen) atoms. The molecule has 1 aliphatic rings. The molecule has 1 aromatic heterocycles. The van der Waals surface area contributed by atoms with Crippen LogP contribution in [0.3, 0.4) is 0 Å². The predicted molar refractivity (Wildman–Crippen MR) is 73.6 cm³/mol. The van der Waals surface area contributed by atoms with Crippen molar-refractivity contribution in [1.29, 1.82) is 0 Å². The van der Waals surface area contributed by atoms with Crippen molar-refractivity contribution in [3.63, 3.8) is 0 Å². The predicted octanol–water partition coefficient (Wildman–Crippen LogP) is 2.39. The fourth-order valence-electron chi connectivity index (χ4n) is 2.25. The van der Waals surface area contributed by atoms with Crippen molar-refractivity contribution in [2.75, 3.05) is 13.1 Å². The maximum absolute atomic E-state index is 12.3. The first-order valence-corrected chi connectivity index (χ1v) is 7.36. The van der Waals surface area contributed by atoms with E-state index in [0.717, 1.165) is 29.2 Å². The van der Waals surface area contributed by atoms with Gasteiger partial charge in [-0.05, 0) is 31.9 Å².